The number of hydrogen-bond acceptors (Lipinski definition) is 5. The predicted octanol–water partition coefficient (Wildman–Crippen LogP) is 1.77. The van der Waals surface area contributed by atoms with Gasteiger partial charge in [0.2, 0.25) is 0 Å². The van der Waals surface area contributed by atoms with E-state index in [1.165, 1.54) is 0 Å². The highest BCUT2D eigenvalue weighted by Gasteiger charge is 2.45. The van der Waals surface area contributed by atoms with Gasteiger partial charge in [-0.25, -0.2) is 0 Å². The number of rotatable bonds is 5. The van der Waals surface area contributed by atoms with Crippen molar-refractivity contribution in [2.24, 2.45) is 7.05 Å². The first-order chi connectivity index (χ1) is 11.7. The van der Waals surface area contributed by atoms with Crippen molar-refractivity contribution in [2.45, 2.75) is 37.7 Å². The molecule has 4 heterocycles. The maximum Gasteiger partial charge on any atom is 0.0847 e. The zero-order chi connectivity index (χ0) is 16.4. The molecule has 0 bridgehead atoms. The number of aryl methyl sites for hydroxylation is 1. The molecule has 2 saturated heterocycles. The molecule has 2 aliphatic heterocycles. The van der Waals surface area contributed by atoms with Gasteiger partial charge in [0.25, 0.3) is 0 Å². The second-order valence-electron chi connectivity index (χ2n) is 6.93. The predicted molar refractivity (Wildman–Crippen MR) is 89.2 cm³/mol. The Morgan fingerprint density at radius 3 is 3.17 bits per heavy atom. The molecule has 0 amide bonds. The van der Waals surface area contributed by atoms with Gasteiger partial charge in [-0.3, -0.25) is 14.6 Å². The van der Waals surface area contributed by atoms with E-state index in [0.717, 1.165) is 43.7 Å². The van der Waals surface area contributed by atoms with Crippen molar-refractivity contribution in [2.75, 3.05) is 19.7 Å². The van der Waals surface area contributed by atoms with Crippen molar-refractivity contribution in [3.63, 3.8) is 0 Å². The SMILES string of the molecule is Cn1ccc(CN2CC[C@]3(C[C@@H](OCc4cccnc4)CO3)C2)n1. The summed E-state index contributed by atoms with van der Waals surface area (Å²) in [6.07, 6.45) is 7.87. The van der Waals surface area contributed by atoms with E-state index in [0.29, 0.717) is 13.2 Å². The quantitative estimate of drug-likeness (QED) is 0.837. The van der Waals surface area contributed by atoms with E-state index in [-0.39, 0.29) is 11.7 Å². The number of pyridine rings is 1. The molecule has 6 nitrogen and oxygen atoms in total. The Labute approximate surface area is 142 Å². The normalized spacial score (nSPS) is 27.3. The fourth-order valence-corrected chi connectivity index (χ4v) is 3.73. The van der Waals surface area contributed by atoms with Gasteiger partial charge in [-0.1, -0.05) is 6.07 Å². The maximum atomic E-state index is 6.17. The van der Waals surface area contributed by atoms with Crippen molar-refractivity contribution in [1.82, 2.24) is 19.7 Å². The minimum Gasteiger partial charge on any atom is -0.371 e. The van der Waals surface area contributed by atoms with Crippen molar-refractivity contribution in [3.05, 3.63) is 48.0 Å². The summed E-state index contributed by atoms with van der Waals surface area (Å²) in [5.41, 5.74) is 2.20. The van der Waals surface area contributed by atoms with Gasteiger partial charge in [-0.2, -0.15) is 5.10 Å². The third-order valence-electron chi connectivity index (χ3n) is 4.93. The molecule has 0 aromatic carbocycles. The van der Waals surface area contributed by atoms with E-state index in [4.69, 9.17) is 9.47 Å². The Hall–Kier alpha value is -1.76. The number of nitrogens with zero attached hydrogens (tertiary/aromatic N) is 4. The van der Waals surface area contributed by atoms with Crippen molar-refractivity contribution < 1.29 is 9.47 Å². The van der Waals surface area contributed by atoms with Crippen LogP contribution in [0, 0.1) is 0 Å². The largest absolute Gasteiger partial charge is 0.371 e. The summed E-state index contributed by atoms with van der Waals surface area (Å²) in [5, 5.41) is 4.47. The highest BCUT2D eigenvalue weighted by Crippen LogP contribution is 2.36. The molecular weight excluding hydrogens is 304 g/mol. The lowest BCUT2D eigenvalue weighted by Gasteiger charge is -2.23. The first-order valence-corrected chi connectivity index (χ1v) is 8.56. The Balaban J connectivity index is 1.28. The lowest BCUT2D eigenvalue weighted by atomic mass is 9.98. The zero-order valence-electron chi connectivity index (χ0n) is 14.1. The average molecular weight is 328 g/mol. The van der Waals surface area contributed by atoms with Crippen molar-refractivity contribution in [3.8, 4) is 0 Å². The van der Waals surface area contributed by atoms with Crippen LogP contribution in [-0.4, -0.2) is 51.1 Å². The van der Waals surface area contributed by atoms with E-state index in [2.05, 4.69) is 21.0 Å². The molecule has 0 N–H and O–H groups in total. The van der Waals surface area contributed by atoms with Gasteiger partial charge in [-0.15, -0.1) is 0 Å². The molecule has 2 aromatic heterocycles. The smallest absolute Gasteiger partial charge is 0.0847 e. The fraction of sp³-hybridized carbons (Fsp3) is 0.556. The van der Waals surface area contributed by atoms with Crippen LogP contribution in [0.25, 0.3) is 0 Å². The summed E-state index contributed by atoms with van der Waals surface area (Å²) in [5.74, 6) is 0. The summed E-state index contributed by atoms with van der Waals surface area (Å²) in [4.78, 5) is 6.56. The summed E-state index contributed by atoms with van der Waals surface area (Å²) < 4.78 is 14.1. The van der Waals surface area contributed by atoms with Gasteiger partial charge in [0.05, 0.1) is 30.6 Å². The highest BCUT2D eigenvalue weighted by atomic mass is 16.6. The topological polar surface area (TPSA) is 52.4 Å². The van der Waals surface area contributed by atoms with Gasteiger partial charge in [-0.05, 0) is 24.1 Å². The van der Waals surface area contributed by atoms with E-state index in [9.17, 15) is 0 Å². The van der Waals surface area contributed by atoms with Crippen LogP contribution in [0.4, 0.5) is 0 Å². The zero-order valence-corrected chi connectivity index (χ0v) is 14.1. The molecule has 0 unspecified atom stereocenters. The number of hydrogen-bond donors (Lipinski definition) is 0. The Morgan fingerprint density at radius 2 is 2.38 bits per heavy atom. The second-order valence-corrected chi connectivity index (χ2v) is 6.93. The number of likely N-dealkylation sites (tertiary alicyclic amines) is 1. The highest BCUT2D eigenvalue weighted by molar-refractivity contribution is 5.07. The van der Waals surface area contributed by atoms with Crippen LogP contribution in [0.2, 0.25) is 0 Å². The molecule has 128 valence electrons. The van der Waals surface area contributed by atoms with Crippen molar-refractivity contribution in [1.29, 1.82) is 0 Å². The van der Waals surface area contributed by atoms with Crippen LogP contribution in [0.5, 0.6) is 0 Å². The molecule has 4 rings (SSSR count). The third kappa shape index (κ3) is 3.50. The molecule has 2 aromatic rings. The molecule has 0 saturated carbocycles. The molecule has 24 heavy (non-hydrogen) atoms. The van der Waals surface area contributed by atoms with Gasteiger partial charge < -0.3 is 9.47 Å². The van der Waals surface area contributed by atoms with Crippen LogP contribution < -0.4 is 0 Å². The number of ether oxygens (including phenoxy) is 2. The Morgan fingerprint density at radius 1 is 1.42 bits per heavy atom. The summed E-state index contributed by atoms with van der Waals surface area (Å²) in [6.45, 7) is 4.22. The average Bonchev–Trinajstić information content (AvgIpc) is 3.29. The minimum atomic E-state index is -0.0333. The summed E-state index contributed by atoms with van der Waals surface area (Å²) in [6, 6.07) is 6.07. The van der Waals surface area contributed by atoms with E-state index < -0.39 is 0 Å². The van der Waals surface area contributed by atoms with Gasteiger partial charge in [0.1, 0.15) is 0 Å². The van der Waals surface area contributed by atoms with E-state index in [1.807, 2.05) is 36.3 Å². The molecular formula is C18H24N4O2. The lowest BCUT2D eigenvalue weighted by molar-refractivity contribution is -0.000505. The monoisotopic (exact) mass is 328 g/mol. The Kier molecular flexibility index (Phi) is 4.35. The van der Waals surface area contributed by atoms with Crippen LogP contribution in [-0.2, 0) is 29.7 Å². The lowest BCUT2D eigenvalue weighted by Crippen LogP contribution is -2.33. The second kappa shape index (κ2) is 6.63. The molecule has 2 aliphatic rings. The van der Waals surface area contributed by atoms with E-state index in [1.54, 1.807) is 6.20 Å². The van der Waals surface area contributed by atoms with Gasteiger partial charge >= 0.3 is 0 Å². The maximum absolute atomic E-state index is 6.17. The molecule has 0 aliphatic carbocycles. The molecule has 2 fully saturated rings. The summed E-state index contributed by atoms with van der Waals surface area (Å²) >= 11 is 0. The van der Waals surface area contributed by atoms with Gasteiger partial charge in [0, 0.05) is 51.7 Å². The first-order valence-electron chi connectivity index (χ1n) is 8.56. The standard InChI is InChI=1S/C18H24N4O2/c1-21-7-4-16(20-21)11-22-8-5-18(14-22)9-17(13-24-18)23-12-15-3-2-6-19-10-15/h2-4,6-7,10,17H,5,8-9,11-14H2,1H3/t17-,18+/m1/s1. The minimum absolute atomic E-state index is 0.0333. The molecule has 1 spiro atoms. The van der Waals surface area contributed by atoms with E-state index >= 15 is 0 Å². The van der Waals surface area contributed by atoms with Crippen LogP contribution in [0.1, 0.15) is 24.1 Å². The van der Waals surface area contributed by atoms with Crippen molar-refractivity contribution >= 4 is 0 Å². The molecule has 6 heteroatoms. The molecule has 2 atom stereocenters. The first kappa shape index (κ1) is 15.7. The van der Waals surface area contributed by atoms with Gasteiger partial charge in [0.15, 0.2) is 0 Å². The van der Waals surface area contributed by atoms with Crippen LogP contribution in [0.15, 0.2) is 36.8 Å². The van der Waals surface area contributed by atoms with Crippen LogP contribution >= 0.6 is 0 Å². The van der Waals surface area contributed by atoms with Crippen LogP contribution in [0.3, 0.4) is 0 Å². The summed E-state index contributed by atoms with van der Waals surface area (Å²) in [7, 11) is 1.96. The third-order valence-corrected chi connectivity index (χ3v) is 4.93. The Bertz CT molecular complexity index is 675. The molecule has 0 radical (unpaired) electrons. The fourth-order valence-electron chi connectivity index (χ4n) is 3.73. The number of aromatic nitrogens is 3.